The van der Waals surface area contributed by atoms with E-state index in [1.165, 1.54) is 0 Å². The molecule has 9 heteroatoms. The van der Waals surface area contributed by atoms with E-state index in [-0.39, 0.29) is 17.9 Å². The third-order valence-electron chi connectivity index (χ3n) is 5.30. The molecule has 0 radical (unpaired) electrons. The first-order valence-electron chi connectivity index (χ1n) is 11.4. The maximum Gasteiger partial charge on any atom is 0.408 e. The molecule has 2 aromatic rings. The first-order chi connectivity index (χ1) is 16.4. The van der Waals surface area contributed by atoms with Crippen molar-refractivity contribution in [2.75, 3.05) is 25.0 Å². The highest BCUT2D eigenvalue weighted by Crippen LogP contribution is 2.33. The largest absolute Gasteiger partial charge is 0.507 e. The quantitative estimate of drug-likeness (QED) is 0.454. The molecule has 2 aromatic carbocycles. The number of para-hydroxylation sites is 2. The van der Waals surface area contributed by atoms with E-state index in [9.17, 15) is 24.6 Å². The number of ether oxygens (including phenoxy) is 1. The van der Waals surface area contributed by atoms with Crippen LogP contribution in [0.15, 0.2) is 36.4 Å². The van der Waals surface area contributed by atoms with Gasteiger partial charge in [-0.2, -0.15) is 0 Å². The van der Waals surface area contributed by atoms with Crippen LogP contribution in [0.3, 0.4) is 0 Å². The molecule has 1 unspecified atom stereocenters. The number of hydrogen-bond acceptors (Lipinski definition) is 6. The lowest BCUT2D eigenvalue weighted by atomic mass is 9.99. The van der Waals surface area contributed by atoms with Gasteiger partial charge in [0.1, 0.15) is 23.9 Å². The second-order valence-electron chi connectivity index (χ2n) is 9.34. The van der Waals surface area contributed by atoms with Gasteiger partial charge in [-0.25, -0.2) is 4.79 Å². The van der Waals surface area contributed by atoms with Gasteiger partial charge >= 0.3 is 6.09 Å². The lowest BCUT2D eigenvalue weighted by Crippen LogP contribution is -2.47. The minimum atomic E-state index is -1.27. The Balaban J connectivity index is 2.44. The van der Waals surface area contributed by atoms with Crippen molar-refractivity contribution in [3.63, 3.8) is 0 Å². The third-order valence-corrected chi connectivity index (χ3v) is 5.30. The van der Waals surface area contributed by atoms with E-state index in [0.29, 0.717) is 11.3 Å². The van der Waals surface area contributed by atoms with Gasteiger partial charge in [-0.05, 0) is 58.2 Å². The molecule has 0 aromatic heterocycles. The number of phenols is 1. The number of nitrogens with zero attached hydrogens (tertiary/aromatic N) is 1. The average molecular weight is 486 g/mol. The van der Waals surface area contributed by atoms with E-state index in [1.807, 2.05) is 32.0 Å². The molecular formula is C26H35N3O6. The molecule has 4 N–H and O–H groups in total. The number of anilines is 1. The highest BCUT2D eigenvalue weighted by molar-refractivity contribution is 5.99. The zero-order valence-corrected chi connectivity index (χ0v) is 21.1. The van der Waals surface area contributed by atoms with Crippen LogP contribution in [0.25, 0.3) is 0 Å². The molecule has 1 atom stereocenters. The van der Waals surface area contributed by atoms with Crippen LogP contribution >= 0.6 is 0 Å². The van der Waals surface area contributed by atoms with Gasteiger partial charge in [0, 0.05) is 17.8 Å². The second kappa shape index (κ2) is 11.7. The molecule has 0 aliphatic heterocycles. The smallest absolute Gasteiger partial charge is 0.408 e. The number of aliphatic hydroxyl groups is 1. The highest BCUT2D eigenvalue weighted by atomic mass is 16.6. The summed E-state index contributed by atoms with van der Waals surface area (Å²) in [6.07, 6.45) is -0.787. The molecule has 0 saturated heterocycles. The van der Waals surface area contributed by atoms with Crippen LogP contribution in [0.4, 0.5) is 10.5 Å². The molecule has 0 spiro atoms. The molecule has 2 rings (SSSR count). The van der Waals surface area contributed by atoms with Crippen LogP contribution in [-0.4, -0.2) is 58.3 Å². The summed E-state index contributed by atoms with van der Waals surface area (Å²) < 4.78 is 5.17. The van der Waals surface area contributed by atoms with Crippen LogP contribution in [0.5, 0.6) is 5.75 Å². The Kier molecular flexibility index (Phi) is 9.25. The Morgan fingerprint density at radius 3 is 2.14 bits per heavy atom. The Morgan fingerprint density at radius 1 is 1.00 bits per heavy atom. The predicted molar refractivity (Wildman–Crippen MR) is 133 cm³/mol. The number of benzene rings is 2. The number of aromatic hydroxyl groups is 1. The molecule has 0 bridgehead atoms. The molecule has 0 saturated carbocycles. The zero-order valence-electron chi connectivity index (χ0n) is 21.1. The number of aryl methyl sites for hydroxylation is 3. The van der Waals surface area contributed by atoms with Crippen molar-refractivity contribution < 1.29 is 29.3 Å². The Morgan fingerprint density at radius 2 is 1.57 bits per heavy atom. The van der Waals surface area contributed by atoms with Crippen LogP contribution < -0.4 is 10.6 Å². The maximum atomic E-state index is 13.6. The molecule has 3 amide bonds. The SMILES string of the molecule is Cc1cccc(C(C(=O)Nc2c(C)cccc2C)N(CCO)C(=O)CNC(=O)OC(C)(C)C)c1O. The molecule has 0 heterocycles. The summed E-state index contributed by atoms with van der Waals surface area (Å²) in [5.41, 5.74) is 2.23. The molecule has 0 aliphatic carbocycles. The van der Waals surface area contributed by atoms with E-state index >= 15 is 0 Å². The van der Waals surface area contributed by atoms with Crippen molar-refractivity contribution in [3.8, 4) is 5.75 Å². The van der Waals surface area contributed by atoms with E-state index in [2.05, 4.69) is 10.6 Å². The zero-order chi connectivity index (χ0) is 26.3. The van der Waals surface area contributed by atoms with E-state index < -0.39 is 42.7 Å². The topological polar surface area (TPSA) is 128 Å². The minimum Gasteiger partial charge on any atom is -0.507 e. The van der Waals surface area contributed by atoms with Gasteiger partial charge in [-0.15, -0.1) is 0 Å². The summed E-state index contributed by atoms with van der Waals surface area (Å²) in [7, 11) is 0. The Labute approximate surface area is 206 Å². The molecular weight excluding hydrogens is 450 g/mol. The Hall–Kier alpha value is -3.59. The van der Waals surface area contributed by atoms with Crippen LogP contribution in [0.1, 0.15) is 49.1 Å². The van der Waals surface area contributed by atoms with Gasteiger partial charge < -0.3 is 30.5 Å². The van der Waals surface area contributed by atoms with Crippen LogP contribution in [0, 0.1) is 20.8 Å². The van der Waals surface area contributed by atoms with Gasteiger partial charge in [0.05, 0.1) is 6.61 Å². The molecule has 190 valence electrons. The summed E-state index contributed by atoms with van der Waals surface area (Å²) in [4.78, 5) is 40.0. The number of carbonyl (C=O) groups excluding carboxylic acids is 3. The fraction of sp³-hybridized carbons (Fsp3) is 0.423. The lowest BCUT2D eigenvalue weighted by molar-refractivity contribution is -0.138. The van der Waals surface area contributed by atoms with Crippen LogP contribution in [-0.2, 0) is 14.3 Å². The van der Waals surface area contributed by atoms with Gasteiger partial charge in [-0.1, -0.05) is 36.4 Å². The summed E-state index contributed by atoms with van der Waals surface area (Å²) in [5.74, 6) is -1.33. The van der Waals surface area contributed by atoms with Crippen molar-refractivity contribution in [1.29, 1.82) is 0 Å². The number of rotatable bonds is 8. The van der Waals surface area contributed by atoms with E-state index in [0.717, 1.165) is 16.0 Å². The van der Waals surface area contributed by atoms with Gasteiger partial charge in [-0.3, -0.25) is 9.59 Å². The summed E-state index contributed by atoms with van der Waals surface area (Å²) in [6.45, 7) is 9.37. The Bertz CT molecular complexity index is 1060. The van der Waals surface area contributed by atoms with Crippen molar-refractivity contribution >= 4 is 23.6 Å². The lowest BCUT2D eigenvalue weighted by Gasteiger charge is -2.32. The number of hydrogen-bond donors (Lipinski definition) is 4. The molecule has 35 heavy (non-hydrogen) atoms. The number of aliphatic hydroxyl groups excluding tert-OH is 1. The molecule has 9 nitrogen and oxygen atoms in total. The number of amides is 3. The van der Waals surface area contributed by atoms with Crippen molar-refractivity contribution in [3.05, 3.63) is 58.7 Å². The fourth-order valence-corrected chi connectivity index (χ4v) is 3.63. The van der Waals surface area contributed by atoms with Crippen molar-refractivity contribution in [1.82, 2.24) is 10.2 Å². The molecule has 0 fully saturated rings. The predicted octanol–water partition coefficient (Wildman–Crippen LogP) is 3.34. The van der Waals surface area contributed by atoms with Gasteiger partial charge in [0.15, 0.2) is 0 Å². The number of phenolic OH excluding ortho intramolecular Hbond substituents is 1. The molecule has 0 aliphatic rings. The minimum absolute atomic E-state index is 0.134. The average Bonchev–Trinajstić information content (AvgIpc) is 2.76. The van der Waals surface area contributed by atoms with Crippen LogP contribution in [0.2, 0.25) is 0 Å². The monoisotopic (exact) mass is 485 g/mol. The van der Waals surface area contributed by atoms with E-state index in [1.54, 1.807) is 45.9 Å². The first-order valence-corrected chi connectivity index (χ1v) is 11.4. The third kappa shape index (κ3) is 7.45. The number of carbonyl (C=O) groups is 3. The normalized spacial score (nSPS) is 12.0. The van der Waals surface area contributed by atoms with Gasteiger partial charge in [0.2, 0.25) is 5.91 Å². The fourth-order valence-electron chi connectivity index (χ4n) is 3.63. The number of nitrogens with one attached hydrogen (secondary N) is 2. The maximum absolute atomic E-state index is 13.6. The summed E-state index contributed by atoms with van der Waals surface area (Å²) in [6, 6.07) is 9.21. The van der Waals surface area contributed by atoms with Gasteiger partial charge in [0.25, 0.3) is 5.91 Å². The summed E-state index contributed by atoms with van der Waals surface area (Å²) in [5, 5.41) is 25.7. The van der Waals surface area contributed by atoms with E-state index in [4.69, 9.17) is 4.74 Å². The van der Waals surface area contributed by atoms with Crippen molar-refractivity contribution in [2.24, 2.45) is 0 Å². The second-order valence-corrected chi connectivity index (χ2v) is 9.34. The highest BCUT2D eigenvalue weighted by Gasteiger charge is 2.34. The number of alkyl carbamates (subject to hydrolysis) is 1. The first kappa shape index (κ1) is 27.7. The summed E-state index contributed by atoms with van der Waals surface area (Å²) >= 11 is 0. The standard InChI is InChI=1S/C26H35N3O6/c1-16-9-7-10-17(2)21(16)28-24(33)22(19-12-8-11-18(3)23(19)32)29(13-14-30)20(31)15-27-25(34)35-26(4,5)6/h7-12,22,30,32H,13-15H2,1-6H3,(H,27,34)(H,28,33). The van der Waals surface area contributed by atoms with Crippen molar-refractivity contribution in [2.45, 2.75) is 53.2 Å².